The molecule has 1 amide bonds. The molecular formula is C23H23N3O11. The molecular weight excluding hydrogens is 494 g/mol. The minimum Gasteiger partial charge on any atom is -0.465 e. The lowest BCUT2D eigenvalue weighted by atomic mass is 9.99. The van der Waals surface area contributed by atoms with Gasteiger partial charge in [-0.15, -0.1) is 0 Å². The van der Waals surface area contributed by atoms with Gasteiger partial charge in [0, 0.05) is 11.1 Å². The molecule has 6 N–H and O–H groups in total. The molecule has 14 nitrogen and oxygen atoms in total. The summed E-state index contributed by atoms with van der Waals surface area (Å²) in [6.07, 6.45) is -10.9. The van der Waals surface area contributed by atoms with Crippen molar-refractivity contribution in [2.45, 2.75) is 37.4 Å². The minimum absolute atomic E-state index is 0.189. The van der Waals surface area contributed by atoms with E-state index in [0.717, 1.165) is 0 Å². The van der Waals surface area contributed by atoms with Crippen molar-refractivity contribution in [3.63, 3.8) is 0 Å². The van der Waals surface area contributed by atoms with Crippen molar-refractivity contribution in [1.82, 2.24) is 9.55 Å². The predicted octanol–water partition coefficient (Wildman–Crippen LogP) is 0.268. The second-order valence-electron chi connectivity index (χ2n) is 8.06. The van der Waals surface area contributed by atoms with Gasteiger partial charge in [0.05, 0.1) is 11.0 Å². The monoisotopic (exact) mass is 517 g/mol. The van der Waals surface area contributed by atoms with Gasteiger partial charge in [0.2, 0.25) is 5.95 Å². The number of ether oxygens (including phenoxy) is 3. The van der Waals surface area contributed by atoms with E-state index in [1.807, 2.05) is 0 Å². The molecule has 1 aliphatic rings. The number of nitrogens with one attached hydrogen (secondary N) is 1. The Hall–Kier alpha value is -4.08. The Kier molecular flexibility index (Phi) is 7.66. The molecule has 1 aromatic heterocycles. The summed E-state index contributed by atoms with van der Waals surface area (Å²) in [5.41, 5.74) is 1.36. The van der Waals surface area contributed by atoms with Crippen LogP contribution < -0.4 is 5.32 Å². The first-order valence-corrected chi connectivity index (χ1v) is 10.9. The van der Waals surface area contributed by atoms with Gasteiger partial charge in [-0.2, -0.15) is 0 Å². The van der Waals surface area contributed by atoms with Crippen LogP contribution in [0, 0.1) is 0 Å². The number of carbonyl (C=O) groups is 3. The molecule has 0 spiro atoms. The normalized spacial score (nSPS) is 23.4. The molecule has 4 rings (SSSR count). The van der Waals surface area contributed by atoms with Crippen molar-refractivity contribution in [2.75, 3.05) is 11.9 Å². The van der Waals surface area contributed by atoms with E-state index in [0.29, 0.717) is 16.6 Å². The van der Waals surface area contributed by atoms with Gasteiger partial charge in [-0.1, -0.05) is 30.3 Å². The summed E-state index contributed by atoms with van der Waals surface area (Å²) in [5, 5.41) is 49.9. The van der Waals surface area contributed by atoms with Crippen LogP contribution in [0.4, 0.5) is 15.5 Å². The van der Waals surface area contributed by atoms with Crippen LogP contribution in [0.3, 0.4) is 0 Å². The zero-order valence-electron chi connectivity index (χ0n) is 19.0. The number of aliphatic hydroxyl groups is 4. The second kappa shape index (κ2) is 10.9. The number of hydrogen-bond donors (Lipinski definition) is 6. The van der Waals surface area contributed by atoms with Gasteiger partial charge in [0.15, 0.2) is 18.8 Å². The fraction of sp³-hybridized carbons (Fsp3) is 0.304. The molecule has 2 aromatic carbocycles. The Balaban J connectivity index is 1.46. The van der Waals surface area contributed by atoms with Crippen LogP contribution in [0.2, 0.25) is 0 Å². The van der Waals surface area contributed by atoms with E-state index in [1.54, 1.807) is 30.3 Å². The Morgan fingerprint density at radius 1 is 0.946 bits per heavy atom. The first-order valence-electron chi connectivity index (χ1n) is 10.9. The minimum atomic E-state index is -1.80. The van der Waals surface area contributed by atoms with Gasteiger partial charge in [-0.05, 0) is 18.2 Å². The van der Waals surface area contributed by atoms with Gasteiger partial charge >= 0.3 is 12.2 Å². The lowest BCUT2D eigenvalue weighted by molar-refractivity contribution is -0.287. The quantitative estimate of drug-likeness (QED) is 0.184. The number of aliphatic hydroxyl groups excluding tert-OH is 4. The number of carbonyl (C=O) groups excluding carboxylic acids is 2. The highest BCUT2D eigenvalue weighted by atomic mass is 16.7. The Labute approximate surface area is 208 Å². The number of aromatic nitrogens is 2. The maximum atomic E-state index is 12.8. The SMILES string of the molecule is O=C(O)Nc1nc2cc(C(=O)c3ccccc3)ccc2n1COC(=O)OC[C@H]1OC(O)[C@H](O)[C@@H](O)[C@@H]1O. The molecule has 0 aliphatic carbocycles. The van der Waals surface area contributed by atoms with E-state index in [1.165, 1.54) is 22.8 Å². The average Bonchev–Trinajstić information content (AvgIpc) is 3.22. The molecule has 0 radical (unpaired) electrons. The third kappa shape index (κ3) is 5.68. The Bertz CT molecular complexity index is 1300. The lowest BCUT2D eigenvalue weighted by Crippen LogP contribution is -2.58. The van der Waals surface area contributed by atoms with E-state index >= 15 is 0 Å². The van der Waals surface area contributed by atoms with Crippen molar-refractivity contribution in [3.05, 3.63) is 59.7 Å². The van der Waals surface area contributed by atoms with Crippen LogP contribution in [0.25, 0.3) is 11.0 Å². The number of fused-ring (bicyclic) bond motifs is 1. The zero-order chi connectivity index (χ0) is 26.7. The molecule has 1 fully saturated rings. The zero-order valence-corrected chi connectivity index (χ0v) is 19.0. The largest absolute Gasteiger partial charge is 0.510 e. The first kappa shape index (κ1) is 26.0. The molecule has 37 heavy (non-hydrogen) atoms. The fourth-order valence-electron chi connectivity index (χ4n) is 3.73. The number of hydrogen-bond acceptors (Lipinski definition) is 11. The van der Waals surface area contributed by atoms with E-state index in [4.69, 9.17) is 19.3 Å². The van der Waals surface area contributed by atoms with Gasteiger partial charge in [0.25, 0.3) is 0 Å². The highest BCUT2D eigenvalue weighted by molar-refractivity contribution is 6.10. The van der Waals surface area contributed by atoms with Crippen LogP contribution in [-0.2, 0) is 20.9 Å². The first-order chi connectivity index (χ1) is 17.7. The predicted molar refractivity (Wildman–Crippen MR) is 123 cm³/mol. The van der Waals surface area contributed by atoms with Crippen LogP contribution >= 0.6 is 0 Å². The van der Waals surface area contributed by atoms with Crippen LogP contribution in [0.5, 0.6) is 0 Å². The fourth-order valence-corrected chi connectivity index (χ4v) is 3.73. The van der Waals surface area contributed by atoms with Crippen LogP contribution in [0.15, 0.2) is 48.5 Å². The van der Waals surface area contributed by atoms with E-state index in [9.17, 15) is 34.8 Å². The van der Waals surface area contributed by atoms with E-state index in [2.05, 4.69) is 10.3 Å². The summed E-state index contributed by atoms with van der Waals surface area (Å²) in [6.45, 7) is -1.17. The van der Waals surface area contributed by atoms with Gasteiger partial charge in [0.1, 0.15) is 31.0 Å². The molecule has 14 heteroatoms. The molecule has 2 heterocycles. The Morgan fingerprint density at radius 3 is 2.38 bits per heavy atom. The van der Waals surface area contributed by atoms with Crippen molar-refractivity contribution in [3.8, 4) is 0 Å². The second-order valence-corrected chi connectivity index (χ2v) is 8.06. The number of imidazole rings is 1. The number of carboxylic acid groups (broad SMARTS) is 1. The van der Waals surface area contributed by atoms with Crippen molar-refractivity contribution in [1.29, 1.82) is 0 Å². The number of rotatable bonds is 7. The summed E-state index contributed by atoms with van der Waals surface area (Å²) in [7, 11) is 0. The summed E-state index contributed by atoms with van der Waals surface area (Å²) in [4.78, 5) is 40.3. The number of amides is 1. The standard InChI is InChI=1S/C23H23N3O11/c27-16(11-4-2-1-3-5-11)12-6-7-14-13(8-12)24-21(25-22(32)33)26(14)10-36-23(34)35-9-15-17(28)18(29)19(30)20(31)37-15/h1-8,15,17-20,28-31H,9-10H2,(H,24,25)(H,32,33)/t15-,17-,18+,19-,20?/m1/s1. The average molecular weight is 517 g/mol. The molecule has 0 saturated carbocycles. The number of nitrogens with zero attached hydrogens (tertiary/aromatic N) is 2. The van der Waals surface area contributed by atoms with Crippen molar-refractivity contribution < 1.29 is 54.1 Å². The summed E-state index contributed by atoms with van der Waals surface area (Å²) >= 11 is 0. The van der Waals surface area contributed by atoms with Crippen molar-refractivity contribution in [2.24, 2.45) is 0 Å². The van der Waals surface area contributed by atoms with Gasteiger partial charge < -0.3 is 39.7 Å². The molecule has 1 saturated heterocycles. The molecule has 0 bridgehead atoms. The van der Waals surface area contributed by atoms with Crippen LogP contribution in [0.1, 0.15) is 15.9 Å². The lowest BCUT2D eigenvalue weighted by Gasteiger charge is -2.37. The summed E-state index contributed by atoms with van der Waals surface area (Å²) in [5.74, 6) is -0.453. The third-order valence-corrected chi connectivity index (χ3v) is 5.63. The highest BCUT2D eigenvalue weighted by Gasteiger charge is 2.43. The maximum Gasteiger partial charge on any atom is 0.510 e. The Morgan fingerprint density at radius 2 is 1.68 bits per heavy atom. The molecule has 196 valence electrons. The van der Waals surface area contributed by atoms with Gasteiger partial charge in [-0.3, -0.25) is 14.7 Å². The highest BCUT2D eigenvalue weighted by Crippen LogP contribution is 2.24. The smallest absolute Gasteiger partial charge is 0.465 e. The molecule has 5 atom stereocenters. The number of benzene rings is 2. The van der Waals surface area contributed by atoms with Crippen LogP contribution in [-0.4, -0.2) is 90.4 Å². The van der Waals surface area contributed by atoms with Gasteiger partial charge in [-0.25, -0.2) is 14.6 Å². The number of anilines is 1. The molecule has 1 unspecified atom stereocenters. The van der Waals surface area contributed by atoms with E-state index < -0.39 is 56.3 Å². The number of ketones is 1. The summed E-state index contributed by atoms with van der Waals surface area (Å²) in [6, 6.07) is 13.0. The molecule has 3 aromatic rings. The maximum absolute atomic E-state index is 12.8. The third-order valence-electron chi connectivity index (χ3n) is 5.63. The topological polar surface area (TPSA) is 210 Å². The van der Waals surface area contributed by atoms with E-state index in [-0.39, 0.29) is 17.2 Å². The summed E-state index contributed by atoms with van der Waals surface area (Å²) < 4.78 is 16.0. The van der Waals surface area contributed by atoms with Crippen molar-refractivity contribution >= 4 is 35.0 Å². The molecule has 1 aliphatic heterocycles.